The molecule has 18 heavy (non-hydrogen) atoms. The molecule has 3 N–H and O–H groups in total. The minimum atomic E-state index is 0.449. The van der Waals surface area contributed by atoms with E-state index >= 15 is 0 Å². The first-order chi connectivity index (χ1) is 8.71. The monoisotopic (exact) mass is 247 g/mol. The van der Waals surface area contributed by atoms with Crippen molar-refractivity contribution in [1.82, 2.24) is 10.2 Å². The van der Waals surface area contributed by atoms with Gasteiger partial charge >= 0.3 is 0 Å². The van der Waals surface area contributed by atoms with E-state index in [0.717, 1.165) is 22.4 Å². The molecule has 1 aromatic heterocycles. The first kappa shape index (κ1) is 12.4. The Kier molecular flexibility index (Phi) is 3.53. The van der Waals surface area contributed by atoms with Crippen LogP contribution in [0.15, 0.2) is 18.3 Å². The maximum absolute atomic E-state index is 5.71. The predicted octanol–water partition coefficient (Wildman–Crippen LogP) is 1.86. The van der Waals surface area contributed by atoms with Gasteiger partial charge in [0, 0.05) is 23.4 Å². The van der Waals surface area contributed by atoms with Gasteiger partial charge in [0.2, 0.25) is 0 Å². The fourth-order valence-corrected chi connectivity index (χ4v) is 1.96. The van der Waals surface area contributed by atoms with Gasteiger partial charge < -0.3 is 15.2 Å². The molecule has 0 spiro atoms. The summed E-state index contributed by atoms with van der Waals surface area (Å²) in [6.45, 7) is 2.41. The summed E-state index contributed by atoms with van der Waals surface area (Å²) in [6.07, 6.45) is 1.77. The van der Waals surface area contributed by atoms with Crippen LogP contribution in [0.5, 0.6) is 11.5 Å². The summed E-state index contributed by atoms with van der Waals surface area (Å²) in [5.74, 6) is 1.37. The standard InChI is InChI=1S/C13H17N3O2/c1-8-11(7-15-16-8)10-4-9(6-14)5-12(17-2)13(10)18-3/h4-5,7H,6,14H2,1-3H3,(H,15,16). The third-order valence-corrected chi connectivity index (χ3v) is 2.89. The fraction of sp³-hybridized carbons (Fsp3) is 0.308. The van der Waals surface area contributed by atoms with Crippen LogP contribution in [0.2, 0.25) is 0 Å². The number of hydrogen-bond donors (Lipinski definition) is 2. The summed E-state index contributed by atoms with van der Waals surface area (Å²) in [6, 6.07) is 3.89. The number of nitrogens with zero attached hydrogens (tertiary/aromatic N) is 1. The lowest BCUT2D eigenvalue weighted by Crippen LogP contribution is -2.00. The summed E-state index contributed by atoms with van der Waals surface area (Å²) in [4.78, 5) is 0. The van der Waals surface area contributed by atoms with Crippen LogP contribution in [-0.4, -0.2) is 24.4 Å². The van der Waals surface area contributed by atoms with Crippen molar-refractivity contribution in [2.45, 2.75) is 13.5 Å². The quantitative estimate of drug-likeness (QED) is 0.865. The number of H-pyrrole nitrogens is 1. The second-order valence-corrected chi connectivity index (χ2v) is 3.99. The van der Waals surface area contributed by atoms with Crippen LogP contribution in [0, 0.1) is 6.92 Å². The number of methoxy groups -OCH3 is 2. The Labute approximate surface area is 106 Å². The molecule has 96 valence electrons. The van der Waals surface area contributed by atoms with E-state index in [2.05, 4.69) is 10.2 Å². The molecule has 2 rings (SSSR count). The summed E-state index contributed by atoms with van der Waals surface area (Å²) < 4.78 is 10.8. The van der Waals surface area contributed by atoms with Gasteiger partial charge in [-0.2, -0.15) is 5.10 Å². The van der Waals surface area contributed by atoms with Gasteiger partial charge in [0.15, 0.2) is 11.5 Å². The van der Waals surface area contributed by atoms with E-state index < -0.39 is 0 Å². The second kappa shape index (κ2) is 5.10. The first-order valence-corrected chi connectivity index (χ1v) is 5.66. The van der Waals surface area contributed by atoms with Crippen molar-refractivity contribution >= 4 is 0 Å². The van der Waals surface area contributed by atoms with E-state index in [4.69, 9.17) is 15.2 Å². The molecule has 1 aromatic carbocycles. The number of benzene rings is 1. The molecule has 5 heteroatoms. The Morgan fingerprint density at radius 3 is 2.50 bits per heavy atom. The Morgan fingerprint density at radius 2 is 2.00 bits per heavy atom. The van der Waals surface area contributed by atoms with Crippen molar-refractivity contribution < 1.29 is 9.47 Å². The van der Waals surface area contributed by atoms with Gasteiger partial charge in [-0.3, -0.25) is 5.10 Å². The highest BCUT2D eigenvalue weighted by Gasteiger charge is 2.16. The van der Waals surface area contributed by atoms with Crippen LogP contribution in [-0.2, 0) is 6.54 Å². The molecule has 0 fully saturated rings. The van der Waals surface area contributed by atoms with E-state index in [1.165, 1.54) is 0 Å². The molecule has 0 amide bonds. The maximum atomic E-state index is 5.71. The Bertz CT molecular complexity index is 549. The van der Waals surface area contributed by atoms with Crippen LogP contribution in [0.25, 0.3) is 11.1 Å². The van der Waals surface area contributed by atoms with Gasteiger partial charge in [-0.25, -0.2) is 0 Å². The average Bonchev–Trinajstić information content (AvgIpc) is 2.83. The van der Waals surface area contributed by atoms with Crippen LogP contribution in [0.3, 0.4) is 0 Å². The van der Waals surface area contributed by atoms with Crippen LogP contribution in [0.4, 0.5) is 0 Å². The maximum Gasteiger partial charge on any atom is 0.168 e. The second-order valence-electron chi connectivity index (χ2n) is 3.99. The minimum Gasteiger partial charge on any atom is -0.493 e. The smallest absolute Gasteiger partial charge is 0.168 e. The molecule has 0 atom stereocenters. The zero-order valence-corrected chi connectivity index (χ0v) is 10.8. The molecule has 1 heterocycles. The SMILES string of the molecule is COc1cc(CN)cc(-c2cn[nH]c2C)c1OC. The zero-order valence-electron chi connectivity index (χ0n) is 10.8. The highest BCUT2D eigenvalue weighted by Crippen LogP contribution is 2.39. The van der Waals surface area contributed by atoms with Gasteiger partial charge in [0.05, 0.1) is 20.4 Å². The molecular formula is C13H17N3O2. The summed E-state index contributed by atoms with van der Waals surface area (Å²) in [5, 5.41) is 6.95. The highest BCUT2D eigenvalue weighted by atomic mass is 16.5. The van der Waals surface area contributed by atoms with E-state index in [-0.39, 0.29) is 0 Å². The molecule has 0 aliphatic heterocycles. The van der Waals surface area contributed by atoms with Crippen molar-refractivity contribution in [2.75, 3.05) is 14.2 Å². The van der Waals surface area contributed by atoms with E-state index in [9.17, 15) is 0 Å². The van der Waals surface area contributed by atoms with E-state index in [0.29, 0.717) is 18.0 Å². The molecule has 0 bridgehead atoms. The van der Waals surface area contributed by atoms with Crippen molar-refractivity contribution in [1.29, 1.82) is 0 Å². The minimum absolute atomic E-state index is 0.449. The van der Waals surface area contributed by atoms with E-state index in [1.807, 2.05) is 19.1 Å². The number of aromatic nitrogens is 2. The molecule has 2 aromatic rings. The predicted molar refractivity (Wildman–Crippen MR) is 69.8 cm³/mol. The Morgan fingerprint density at radius 1 is 1.22 bits per heavy atom. The highest BCUT2D eigenvalue weighted by molar-refractivity contribution is 5.75. The molecule has 0 unspecified atom stereocenters. The molecule has 0 aliphatic rings. The lowest BCUT2D eigenvalue weighted by molar-refractivity contribution is 0.355. The first-order valence-electron chi connectivity index (χ1n) is 5.66. The van der Waals surface area contributed by atoms with Crippen LogP contribution in [0.1, 0.15) is 11.3 Å². The van der Waals surface area contributed by atoms with Crippen molar-refractivity contribution in [2.24, 2.45) is 5.73 Å². The van der Waals surface area contributed by atoms with Crippen molar-refractivity contribution in [3.05, 3.63) is 29.6 Å². The van der Waals surface area contributed by atoms with Gasteiger partial charge in [-0.15, -0.1) is 0 Å². The molecule has 0 saturated heterocycles. The summed E-state index contributed by atoms with van der Waals surface area (Å²) in [5.41, 5.74) is 9.59. The van der Waals surface area contributed by atoms with E-state index in [1.54, 1.807) is 20.4 Å². The van der Waals surface area contributed by atoms with Gasteiger partial charge in [0.25, 0.3) is 0 Å². The van der Waals surface area contributed by atoms with Crippen LogP contribution < -0.4 is 15.2 Å². The third kappa shape index (κ3) is 2.04. The number of nitrogens with two attached hydrogens (primary N) is 1. The number of hydrogen-bond acceptors (Lipinski definition) is 4. The molecule has 0 saturated carbocycles. The van der Waals surface area contributed by atoms with Gasteiger partial charge in [-0.1, -0.05) is 0 Å². The topological polar surface area (TPSA) is 73.2 Å². The van der Waals surface area contributed by atoms with Crippen molar-refractivity contribution in [3.8, 4) is 22.6 Å². The fourth-order valence-electron chi connectivity index (χ4n) is 1.96. The van der Waals surface area contributed by atoms with Gasteiger partial charge in [0.1, 0.15) is 0 Å². The number of ether oxygens (including phenoxy) is 2. The number of aryl methyl sites for hydroxylation is 1. The summed E-state index contributed by atoms with van der Waals surface area (Å²) >= 11 is 0. The molecule has 0 aliphatic carbocycles. The van der Waals surface area contributed by atoms with Crippen LogP contribution >= 0.6 is 0 Å². The zero-order chi connectivity index (χ0) is 13.1. The van der Waals surface area contributed by atoms with Gasteiger partial charge in [-0.05, 0) is 24.6 Å². The molecular weight excluding hydrogens is 230 g/mol. The Hall–Kier alpha value is -2.01. The largest absolute Gasteiger partial charge is 0.493 e. The normalized spacial score (nSPS) is 10.4. The number of rotatable bonds is 4. The lowest BCUT2D eigenvalue weighted by atomic mass is 10.0. The number of aromatic amines is 1. The third-order valence-electron chi connectivity index (χ3n) is 2.89. The average molecular weight is 247 g/mol. The lowest BCUT2D eigenvalue weighted by Gasteiger charge is -2.14. The summed E-state index contributed by atoms with van der Waals surface area (Å²) in [7, 11) is 3.24. The number of nitrogens with one attached hydrogen (secondary N) is 1. The van der Waals surface area contributed by atoms with Crippen molar-refractivity contribution in [3.63, 3.8) is 0 Å². The molecule has 5 nitrogen and oxygen atoms in total. The Balaban J connectivity index is 2.67. The molecule has 0 radical (unpaired) electrons.